The molecule has 0 amide bonds. The van der Waals surface area contributed by atoms with Crippen LogP contribution < -0.4 is 9.47 Å². The van der Waals surface area contributed by atoms with Crippen LogP contribution in [0.4, 0.5) is 0 Å². The molecule has 45 heavy (non-hydrogen) atoms. The highest BCUT2D eigenvalue weighted by Crippen LogP contribution is 2.37. The normalized spacial score (nSPS) is 11.7. The summed E-state index contributed by atoms with van der Waals surface area (Å²) in [7, 11) is 0. The van der Waals surface area contributed by atoms with Gasteiger partial charge in [-0.25, -0.2) is 9.97 Å². The lowest BCUT2D eigenvalue weighted by Crippen LogP contribution is -2.00. The van der Waals surface area contributed by atoms with Crippen LogP contribution in [0.1, 0.15) is 2.74 Å². The molecule has 8 rings (SSSR count). The molecule has 0 atom stereocenters. The SMILES string of the molecule is [2H]c1ccc(-c2cccc(Oc3ccc4c5ccc(Oc6cccc(-c7ccc([2H])cn7)c6)cc5n(-c5ncccn5)c4c3)c2)nc1. The lowest BCUT2D eigenvalue weighted by atomic mass is 10.1. The summed E-state index contributed by atoms with van der Waals surface area (Å²) in [5.74, 6) is 3.18. The lowest BCUT2D eigenvalue weighted by Gasteiger charge is -2.10. The Labute approximate surface area is 261 Å². The maximum Gasteiger partial charge on any atom is 0.234 e. The zero-order valence-corrected chi connectivity index (χ0v) is 23.8. The van der Waals surface area contributed by atoms with E-state index in [0.717, 1.165) is 44.3 Å². The number of aromatic nitrogens is 5. The Morgan fingerprint density at radius 2 is 0.978 bits per heavy atom. The molecule has 4 aromatic heterocycles. The highest BCUT2D eigenvalue weighted by molar-refractivity contribution is 6.09. The van der Waals surface area contributed by atoms with Gasteiger partial charge in [-0.3, -0.25) is 14.5 Å². The molecular formula is C38H25N5O2. The van der Waals surface area contributed by atoms with Crippen molar-refractivity contribution in [3.8, 4) is 51.5 Å². The smallest absolute Gasteiger partial charge is 0.234 e. The van der Waals surface area contributed by atoms with Crippen molar-refractivity contribution in [1.82, 2.24) is 24.5 Å². The van der Waals surface area contributed by atoms with E-state index in [1.807, 2.05) is 102 Å². The van der Waals surface area contributed by atoms with Crippen LogP contribution in [0.3, 0.4) is 0 Å². The molecular weight excluding hydrogens is 558 g/mol. The number of pyridine rings is 2. The molecule has 214 valence electrons. The average molecular weight is 586 g/mol. The number of ether oxygens (including phenoxy) is 2. The van der Waals surface area contributed by atoms with E-state index in [9.17, 15) is 0 Å². The molecule has 0 fully saturated rings. The minimum atomic E-state index is 0.366. The Hall–Kier alpha value is -6.34. The van der Waals surface area contributed by atoms with Crippen LogP contribution in [-0.4, -0.2) is 24.5 Å². The Morgan fingerprint density at radius 3 is 1.47 bits per heavy atom. The second-order valence-electron chi connectivity index (χ2n) is 10.3. The fraction of sp³-hybridized carbons (Fsp3) is 0. The first kappa shape index (κ1) is 24.1. The topological polar surface area (TPSA) is 75.0 Å². The van der Waals surface area contributed by atoms with Gasteiger partial charge in [-0.1, -0.05) is 36.4 Å². The first-order chi connectivity index (χ1) is 23.1. The van der Waals surface area contributed by atoms with Gasteiger partial charge in [0.25, 0.3) is 0 Å². The van der Waals surface area contributed by atoms with Crippen molar-refractivity contribution < 1.29 is 12.2 Å². The third-order valence-corrected chi connectivity index (χ3v) is 7.42. The van der Waals surface area contributed by atoms with Gasteiger partial charge >= 0.3 is 0 Å². The summed E-state index contributed by atoms with van der Waals surface area (Å²) in [4.78, 5) is 17.9. The van der Waals surface area contributed by atoms with Crippen molar-refractivity contribution in [2.45, 2.75) is 0 Å². The van der Waals surface area contributed by atoms with Gasteiger partial charge in [0.1, 0.15) is 23.0 Å². The molecule has 0 aliphatic rings. The van der Waals surface area contributed by atoms with Crippen LogP contribution in [-0.2, 0) is 0 Å². The summed E-state index contributed by atoms with van der Waals surface area (Å²) in [5, 5.41) is 2.04. The predicted molar refractivity (Wildman–Crippen MR) is 176 cm³/mol. The number of hydrogen-bond acceptors (Lipinski definition) is 6. The minimum Gasteiger partial charge on any atom is -0.457 e. The summed E-state index contributed by atoms with van der Waals surface area (Å²) in [5.41, 5.74) is 5.11. The number of hydrogen-bond donors (Lipinski definition) is 0. The fourth-order valence-electron chi connectivity index (χ4n) is 5.42. The monoisotopic (exact) mass is 585 g/mol. The average Bonchev–Trinajstić information content (AvgIpc) is 3.42. The zero-order valence-electron chi connectivity index (χ0n) is 25.8. The predicted octanol–water partition coefficient (Wildman–Crippen LogP) is 9.28. The Balaban J connectivity index is 1.17. The molecule has 4 heterocycles. The zero-order chi connectivity index (χ0) is 31.7. The van der Waals surface area contributed by atoms with E-state index in [1.54, 1.807) is 30.6 Å². The van der Waals surface area contributed by atoms with Gasteiger partial charge in [0.05, 0.1) is 25.2 Å². The Bertz CT molecular complexity index is 2230. The molecule has 4 aromatic carbocycles. The maximum atomic E-state index is 7.72. The fourth-order valence-corrected chi connectivity index (χ4v) is 5.42. The maximum absolute atomic E-state index is 7.72. The molecule has 0 aliphatic heterocycles. The van der Waals surface area contributed by atoms with Crippen LogP contribution in [0.25, 0.3) is 50.3 Å². The van der Waals surface area contributed by atoms with Gasteiger partial charge in [-0.2, -0.15) is 0 Å². The second-order valence-corrected chi connectivity index (χ2v) is 10.3. The highest BCUT2D eigenvalue weighted by Gasteiger charge is 2.16. The Kier molecular flexibility index (Phi) is 6.11. The summed E-state index contributed by atoms with van der Waals surface area (Å²) >= 11 is 0. The number of benzene rings is 4. The molecule has 0 spiro atoms. The molecule has 0 aliphatic carbocycles. The largest absolute Gasteiger partial charge is 0.457 e. The first-order valence-corrected chi connectivity index (χ1v) is 14.3. The standard InChI is InChI=1S/C38H25N5O2/c1-3-18-39-34(12-1)26-8-5-10-28(22-26)44-30-14-16-32-33-17-15-31(25-37(33)43(36(32)24-30)38-41-20-7-21-42-38)45-29-11-6-9-27(23-29)35-13-2-4-19-40-35/h1-25H/i3D,4D. The van der Waals surface area contributed by atoms with E-state index >= 15 is 0 Å². The van der Waals surface area contributed by atoms with Gasteiger partial charge in [0, 0.05) is 58.8 Å². The van der Waals surface area contributed by atoms with Crippen molar-refractivity contribution in [3.05, 3.63) is 152 Å². The molecule has 8 aromatic rings. The number of fused-ring (bicyclic) bond motifs is 3. The molecule has 0 N–H and O–H groups in total. The van der Waals surface area contributed by atoms with Crippen LogP contribution >= 0.6 is 0 Å². The van der Waals surface area contributed by atoms with Crippen LogP contribution in [0.5, 0.6) is 23.0 Å². The first-order valence-electron chi connectivity index (χ1n) is 15.3. The van der Waals surface area contributed by atoms with E-state index in [1.165, 1.54) is 12.4 Å². The second kappa shape index (κ2) is 11.4. The number of nitrogens with zero attached hydrogens (tertiary/aromatic N) is 5. The van der Waals surface area contributed by atoms with Crippen molar-refractivity contribution in [2.75, 3.05) is 0 Å². The Morgan fingerprint density at radius 1 is 0.467 bits per heavy atom. The number of rotatable bonds is 7. The van der Waals surface area contributed by atoms with E-state index in [4.69, 9.17) is 12.2 Å². The van der Waals surface area contributed by atoms with Gasteiger partial charge < -0.3 is 9.47 Å². The molecule has 7 nitrogen and oxygen atoms in total. The molecule has 0 radical (unpaired) electrons. The van der Waals surface area contributed by atoms with E-state index in [2.05, 4.69) is 19.9 Å². The van der Waals surface area contributed by atoms with E-state index < -0.39 is 0 Å². The van der Waals surface area contributed by atoms with Gasteiger partial charge in [0.2, 0.25) is 5.95 Å². The summed E-state index contributed by atoms with van der Waals surface area (Å²) in [6.07, 6.45) is 6.51. The molecule has 0 unspecified atom stereocenters. The van der Waals surface area contributed by atoms with Crippen molar-refractivity contribution in [1.29, 1.82) is 0 Å². The van der Waals surface area contributed by atoms with Crippen LogP contribution in [0, 0.1) is 0 Å². The third kappa shape index (κ3) is 5.23. The molecule has 0 bridgehead atoms. The summed E-state index contributed by atoms with van der Waals surface area (Å²) < 4.78 is 30.2. The van der Waals surface area contributed by atoms with Gasteiger partial charge in [-0.15, -0.1) is 0 Å². The van der Waals surface area contributed by atoms with Crippen molar-refractivity contribution >= 4 is 21.8 Å². The van der Waals surface area contributed by atoms with Crippen LogP contribution in [0.15, 0.2) is 152 Å². The molecule has 0 saturated carbocycles. The van der Waals surface area contributed by atoms with Crippen LogP contribution in [0.2, 0.25) is 0 Å². The third-order valence-electron chi connectivity index (χ3n) is 7.42. The van der Waals surface area contributed by atoms with Crippen molar-refractivity contribution in [3.63, 3.8) is 0 Å². The quantitative estimate of drug-likeness (QED) is 0.186. The highest BCUT2D eigenvalue weighted by atomic mass is 16.5. The summed E-state index contributed by atoms with van der Waals surface area (Å²) in [6.45, 7) is 0. The minimum absolute atomic E-state index is 0.366. The molecule has 0 saturated heterocycles. The van der Waals surface area contributed by atoms with E-state index in [-0.39, 0.29) is 0 Å². The van der Waals surface area contributed by atoms with Crippen molar-refractivity contribution in [2.24, 2.45) is 0 Å². The summed E-state index contributed by atoms with van der Waals surface area (Å²) in [6, 6.07) is 37.1. The lowest BCUT2D eigenvalue weighted by molar-refractivity contribution is 0.483. The molecule has 7 heteroatoms. The van der Waals surface area contributed by atoms with E-state index in [0.29, 0.717) is 41.0 Å². The van der Waals surface area contributed by atoms with Gasteiger partial charge in [0.15, 0.2) is 0 Å². The van der Waals surface area contributed by atoms with Gasteiger partial charge in [-0.05, 0) is 78.8 Å².